The van der Waals surface area contributed by atoms with Crippen LogP contribution in [0.1, 0.15) is 51.4 Å². The third-order valence-corrected chi connectivity index (χ3v) is 3.69. The summed E-state index contributed by atoms with van der Waals surface area (Å²) in [7, 11) is 0. The Kier molecular flexibility index (Phi) is 4.26. The van der Waals surface area contributed by atoms with Gasteiger partial charge in [0.1, 0.15) is 0 Å². The van der Waals surface area contributed by atoms with Crippen molar-refractivity contribution in [1.82, 2.24) is 10.6 Å². The van der Waals surface area contributed by atoms with Gasteiger partial charge in [-0.3, -0.25) is 0 Å². The quantitative estimate of drug-likeness (QED) is 0.722. The molecule has 0 amide bonds. The molecule has 82 valence electrons. The fraction of sp³-hybridized carbons (Fsp3) is 1.00. The molecule has 2 nitrogen and oxygen atoms in total. The molecular weight excluding hydrogens is 172 g/mol. The van der Waals surface area contributed by atoms with E-state index in [-0.39, 0.29) is 0 Å². The summed E-state index contributed by atoms with van der Waals surface area (Å²) in [6, 6.07) is 1.65. The van der Waals surface area contributed by atoms with Crippen LogP contribution in [0.3, 0.4) is 0 Å². The summed E-state index contributed by atoms with van der Waals surface area (Å²) < 4.78 is 0. The Morgan fingerprint density at radius 1 is 0.714 bits per heavy atom. The molecule has 2 heterocycles. The molecule has 0 aromatic rings. The van der Waals surface area contributed by atoms with Gasteiger partial charge in [-0.2, -0.15) is 0 Å². The van der Waals surface area contributed by atoms with E-state index >= 15 is 0 Å². The summed E-state index contributed by atoms with van der Waals surface area (Å²) in [6.45, 7) is 2.51. The highest BCUT2D eigenvalue weighted by molar-refractivity contribution is 4.77. The van der Waals surface area contributed by atoms with E-state index in [1.807, 2.05) is 0 Å². The number of piperidine rings is 2. The predicted molar refractivity (Wildman–Crippen MR) is 60.5 cm³/mol. The third kappa shape index (κ3) is 3.25. The van der Waals surface area contributed by atoms with Crippen molar-refractivity contribution >= 4 is 0 Å². The largest absolute Gasteiger partial charge is 0.314 e. The standard InChI is InChI=1S/C12H24N2/c1-3-9-13-11(5-1)7-8-12-6-2-4-10-14-12/h11-14H,1-10H2. The lowest BCUT2D eigenvalue weighted by Crippen LogP contribution is -2.38. The first-order valence-corrected chi connectivity index (χ1v) is 6.42. The van der Waals surface area contributed by atoms with Gasteiger partial charge in [0.25, 0.3) is 0 Å². The molecule has 0 saturated carbocycles. The van der Waals surface area contributed by atoms with E-state index in [2.05, 4.69) is 10.6 Å². The van der Waals surface area contributed by atoms with Gasteiger partial charge in [-0.1, -0.05) is 12.8 Å². The SMILES string of the molecule is C1CCC(CCC2CCCCN2)NC1. The molecule has 2 fully saturated rings. The first-order valence-electron chi connectivity index (χ1n) is 6.42. The highest BCUT2D eigenvalue weighted by Gasteiger charge is 2.16. The zero-order valence-corrected chi connectivity index (χ0v) is 9.23. The molecule has 0 aromatic heterocycles. The number of hydrogen-bond acceptors (Lipinski definition) is 2. The Hall–Kier alpha value is -0.0800. The zero-order chi connectivity index (χ0) is 9.64. The lowest BCUT2D eigenvalue weighted by atomic mass is 9.95. The number of rotatable bonds is 3. The van der Waals surface area contributed by atoms with Gasteiger partial charge in [0.05, 0.1) is 0 Å². The van der Waals surface area contributed by atoms with E-state index in [4.69, 9.17) is 0 Å². The van der Waals surface area contributed by atoms with Crippen molar-refractivity contribution in [2.45, 2.75) is 63.5 Å². The van der Waals surface area contributed by atoms with Gasteiger partial charge in [-0.05, 0) is 51.6 Å². The van der Waals surface area contributed by atoms with Crippen molar-refractivity contribution in [3.05, 3.63) is 0 Å². The Labute approximate surface area is 87.8 Å². The van der Waals surface area contributed by atoms with Crippen LogP contribution in [-0.2, 0) is 0 Å². The Balaban J connectivity index is 1.60. The van der Waals surface area contributed by atoms with Gasteiger partial charge in [-0.15, -0.1) is 0 Å². The molecule has 2 unspecified atom stereocenters. The highest BCUT2D eigenvalue weighted by Crippen LogP contribution is 2.16. The molecule has 2 aliphatic rings. The van der Waals surface area contributed by atoms with Crippen LogP contribution in [0, 0.1) is 0 Å². The molecule has 2 N–H and O–H groups in total. The fourth-order valence-corrected chi connectivity index (χ4v) is 2.74. The summed E-state index contributed by atoms with van der Waals surface area (Å²) in [5.74, 6) is 0. The van der Waals surface area contributed by atoms with Crippen LogP contribution in [0.15, 0.2) is 0 Å². The van der Waals surface area contributed by atoms with Crippen molar-refractivity contribution in [2.24, 2.45) is 0 Å². The van der Waals surface area contributed by atoms with E-state index in [0.29, 0.717) is 0 Å². The maximum absolute atomic E-state index is 3.63. The van der Waals surface area contributed by atoms with Crippen LogP contribution in [0.4, 0.5) is 0 Å². The number of nitrogens with one attached hydrogen (secondary N) is 2. The average molecular weight is 196 g/mol. The lowest BCUT2D eigenvalue weighted by Gasteiger charge is -2.28. The molecule has 0 aromatic carbocycles. The van der Waals surface area contributed by atoms with E-state index in [1.54, 1.807) is 0 Å². The summed E-state index contributed by atoms with van der Waals surface area (Å²) in [4.78, 5) is 0. The van der Waals surface area contributed by atoms with Crippen molar-refractivity contribution < 1.29 is 0 Å². The van der Waals surface area contributed by atoms with Crippen LogP contribution >= 0.6 is 0 Å². The maximum atomic E-state index is 3.63. The molecule has 0 spiro atoms. The molecule has 0 radical (unpaired) electrons. The summed E-state index contributed by atoms with van der Waals surface area (Å²) in [5, 5.41) is 7.26. The van der Waals surface area contributed by atoms with Crippen LogP contribution in [0.25, 0.3) is 0 Å². The average Bonchev–Trinajstić information content (AvgIpc) is 2.29. The molecule has 2 rings (SSSR count). The molecule has 2 heteroatoms. The first kappa shape index (κ1) is 10.4. The minimum atomic E-state index is 0.826. The highest BCUT2D eigenvalue weighted by atomic mass is 14.9. The second-order valence-corrected chi connectivity index (χ2v) is 4.87. The lowest BCUT2D eigenvalue weighted by molar-refractivity contribution is 0.324. The molecule has 2 atom stereocenters. The van der Waals surface area contributed by atoms with Crippen molar-refractivity contribution in [3.63, 3.8) is 0 Å². The predicted octanol–water partition coefficient (Wildman–Crippen LogP) is 2.05. The first-order chi connectivity index (χ1) is 6.95. The Bertz CT molecular complexity index is 128. The molecule has 0 bridgehead atoms. The molecule has 0 aliphatic carbocycles. The molecule has 2 saturated heterocycles. The van der Waals surface area contributed by atoms with Gasteiger partial charge in [0, 0.05) is 12.1 Å². The van der Waals surface area contributed by atoms with Crippen LogP contribution in [0.5, 0.6) is 0 Å². The summed E-state index contributed by atoms with van der Waals surface area (Å²) >= 11 is 0. The van der Waals surface area contributed by atoms with E-state index in [1.165, 1.54) is 64.5 Å². The van der Waals surface area contributed by atoms with Gasteiger partial charge in [-0.25, -0.2) is 0 Å². The normalized spacial score (nSPS) is 34.3. The van der Waals surface area contributed by atoms with Crippen LogP contribution in [0.2, 0.25) is 0 Å². The van der Waals surface area contributed by atoms with E-state index in [9.17, 15) is 0 Å². The second-order valence-electron chi connectivity index (χ2n) is 4.87. The minimum absolute atomic E-state index is 0.826. The van der Waals surface area contributed by atoms with Gasteiger partial charge < -0.3 is 10.6 Å². The monoisotopic (exact) mass is 196 g/mol. The van der Waals surface area contributed by atoms with Crippen LogP contribution in [-0.4, -0.2) is 25.2 Å². The van der Waals surface area contributed by atoms with Gasteiger partial charge in [0.15, 0.2) is 0 Å². The van der Waals surface area contributed by atoms with Crippen molar-refractivity contribution in [2.75, 3.05) is 13.1 Å². The molecule has 14 heavy (non-hydrogen) atoms. The Morgan fingerprint density at radius 3 is 1.57 bits per heavy atom. The topological polar surface area (TPSA) is 24.1 Å². The van der Waals surface area contributed by atoms with Gasteiger partial charge in [0.2, 0.25) is 0 Å². The van der Waals surface area contributed by atoms with Crippen molar-refractivity contribution in [3.8, 4) is 0 Å². The molecular formula is C12H24N2. The zero-order valence-electron chi connectivity index (χ0n) is 9.23. The van der Waals surface area contributed by atoms with E-state index in [0.717, 1.165) is 12.1 Å². The van der Waals surface area contributed by atoms with Crippen molar-refractivity contribution in [1.29, 1.82) is 0 Å². The third-order valence-electron chi connectivity index (χ3n) is 3.69. The Morgan fingerprint density at radius 2 is 1.21 bits per heavy atom. The number of hydrogen-bond donors (Lipinski definition) is 2. The van der Waals surface area contributed by atoms with Crippen LogP contribution < -0.4 is 10.6 Å². The summed E-state index contributed by atoms with van der Waals surface area (Å²) in [5.41, 5.74) is 0. The fourth-order valence-electron chi connectivity index (χ4n) is 2.74. The maximum Gasteiger partial charge on any atom is 0.00676 e. The smallest absolute Gasteiger partial charge is 0.00676 e. The molecule has 2 aliphatic heterocycles. The second kappa shape index (κ2) is 5.72. The van der Waals surface area contributed by atoms with E-state index < -0.39 is 0 Å². The van der Waals surface area contributed by atoms with Gasteiger partial charge >= 0.3 is 0 Å². The summed E-state index contributed by atoms with van der Waals surface area (Å²) in [6.07, 6.45) is 11.2. The minimum Gasteiger partial charge on any atom is -0.314 e.